The van der Waals surface area contributed by atoms with Crippen LogP contribution in [0.5, 0.6) is 0 Å². The molecule has 0 unspecified atom stereocenters. The normalized spacial score (nSPS) is 42.7. The fourth-order valence-corrected chi connectivity index (χ4v) is 4.37. The van der Waals surface area contributed by atoms with E-state index in [0.717, 1.165) is 32.1 Å². The van der Waals surface area contributed by atoms with Gasteiger partial charge in [-0.3, -0.25) is 0 Å². The maximum absolute atomic E-state index is 12.3. The summed E-state index contributed by atoms with van der Waals surface area (Å²) >= 11 is 0. The van der Waals surface area contributed by atoms with E-state index in [1.165, 1.54) is 6.42 Å². The van der Waals surface area contributed by atoms with Gasteiger partial charge in [0.2, 0.25) is 0 Å². The van der Waals surface area contributed by atoms with Gasteiger partial charge in [-0.05, 0) is 55.8 Å². The van der Waals surface area contributed by atoms with E-state index in [9.17, 15) is 18.0 Å². The molecule has 102 valence electrons. The molecule has 0 amide bonds. The standard InChI is InChI=1S/C13H17F3O2/c14-13(15,16)12(17)18-11-9-2-1-7-3-8(5-9)6-10(11)4-7/h7-11H,1-6H2/t7-,8-,9+,10-,11-/m0/s1/i2+1. The van der Waals surface area contributed by atoms with E-state index < -0.39 is 18.2 Å². The zero-order chi connectivity index (χ0) is 12.9. The molecule has 4 fully saturated rings. The van der Waals surface area contributed by atoms with Crippen molar-refractivity contribution in [3.8, 4) is 0 Å². The fraction of sp³-hybridized carbons (Fsp3) is 0.923. The first-order valence-electron chi connectivity index (χ1n) is 6.71. The van der Waals surface area contributed by atoms with Crippen LogP contribution in [0.15, 0.2) is 0 Å². The minimum Gasteiger partial charge on any atom is -0.455 e. The molecule has 4 aliphatic rings. The van der Waals surface area contributed by atoms with Crippen LogP contribution in [0, 0.1) is 23.7 Å². The minimum atomic E-state index is -4.86. The third-order valence-corrected chi connectivity index (χ3v) is 4.92. The number of esters is 1. The predicted molar refractivity (Wildman–Crippen MR) is 57.6 cm³/mol. The lowest BCUT2D eigenvalue weighted by Crippen LogP contribution is -2.44. The molecule has 4 rings (SSSR count). The number of hydrogen-bond donors (Lipinski definition) is 0. The molecule has 4 bridgehead atoms. The Bertz CT molecular complexity index is 345. The van der Waals surface area contributed by atoms with E-state index in [2.05, 4.69) is 0 Å². The first-order valence-corrected chi connectivity index (χ1v) is 6.71. The average Bonchev–Trinajstić information content (AvgIpc) is 2.48. The van der Waals surface area contributed by atoms with Crippen molar-refractivity contribution in [1.82, 2.24) is 0 Å². The van der Waals surface area contributed by atoms with Crippen molar-refractivity contribution in [2.75, 3.05) is 0 Å². The summed E-state index contributed by atoms with van der Waals surface area (Å²) in [5, 5.41) is 0. The van der Waals surface area contributed by atoms with Crippen LogP contribution >= 0.6 is 0 Å². The highest BCUT2D eigenvalue weighted by Gasteiger charge is 2.50. The monoisotopic (exact) mass is 263 g/mol. The molecule has 2 nitrogen and oxygen atoms in total. The first-order chi connectivity index (χ1) is 8.43. The molecule has 18 heavy (non-hydrogen) atoms. The number of rotatable bonds is 1. The van der Waals surface area contributed by atoms with Crippen LogP contribution < -0.4 is 0 Å². The zero-order valence-electron chi connectivity index (χ0n) is 10.1. The number of alkyl halides is 3. The third kappa shape index (κ3) is 2.12. The van der Waals surface area contributed by atoms with Gasteiger partial charge in [0.15, 0.2) is 0 Å². The largest absolute Gasteiger partial charge is 0.490 e. The van der Waals surface area contributed by atoms with Crippen LogP contribution in [0.1, 0.15) is 38.5 Å². The molecule has 4 aliphatic carbocycles. The second-order valence-corrected chi connectivity index (χ2v) is 6.14. The van der Waals surface area contributed by atoms with Gasteiger partial charge in [-0.2, -0.15) is 13.2 Å². The highest BCUT2D eigenvalue weighted by atomic mass is 19.4. The molecule has 5 heteroatoms. The molecule has 5 atom stereocenters. The lowest BCUT2D eigenvalue weighted by molar-refractivity contribution is -0.213. The Kier molecular flexibility index (Phi) is 2.83. The van der Waals surface area contributed by atoms with Gasteiger partial charge in [0, 0.05) is 0 Å². The zero-order valence-corrected chi connectivity index (χ0v) is 10.1. The summed E-state index contributed by atoms with van der Waals surface area (Å²) in [5.41, 5.74) is 0. The lowest BCUT2D eigenvalue weighted by Gasteiger charge is -2.43. The molecule has 0 aliphatic heterocycles. The van der Waals surface area contributed by atoms with E-state index in [4.69, 9.17) is 4.74 Å². The van der Waals surface area contributed by atoms with Gasteiger partial charge in [-0.25, -0.2) is 4.79 Å². The van der Waals surface area contributed by atoms with E-state index >= 15 is 0 Å². The Balaban J connectivity index is 1.75. The quantitative estimate of drug-likeness (QED) is 0.536. The highest BCUT2D eigenvalue weighted by molar-refractivity contribution is 5.75. The number of carbonyl (C=O) groups is 1. The number of halogens is 3. The second-order valence-electron chi connectivity index (χ2n) is 6.14. The van der Waals surface area contributed by atoms with Crippen molar-refractivity contribution >= 4 is 5.97 Å². The van der Waals surface area contributed by atoms with Gasteiger partial charge in [0.1, 0.15) is 6.10 Å². The van der Waals surface area contributed by atoms with E-state index in [1.807, 2.05) is 0 Å². The number of carbonyl (C=O) groups excluding carboxylic acids is 1. The molecule has 0 aromatic heterocycles. The summed E-state index contributed by atoms with van der Waals surface area (Å²) in [6, 6.07) is 0. The van der Waals surface area contributed by atoms with Crippen molar-refractivity contribution in [3.63, 3.8) is 0 Å². The fourth-order valence-electron chi connectivity index (χ4n) is 4.37. The molecule has 0 aromatic carbocycles. The average molecular weight is 263 g/mol. The number of hydrogen-bond acceptors (Lipinski definition) is 2. The topological polar surface area (TPSA) is 26.3 Å². The Morgan fingerprint density at radius 3 is 2.33 bits per heavy atom. The van der Waals surface area contributed by atoms with Gasteiger partial charge >= 0.3 is 12.1 Å². The molecule has 0 aromatic rings. The van der Waals surface area contributed by atoms with Crippen LogP contribution in [-0.4, -0.2) is 18.2 Å². The second kappa shape index (κ2) is 4.14. The van der Waals surface area contributed by atoms with Crippen LogP contribution in [0.3, 0.4) is 0 Å². The van der Waals surface area contributed by atoms with Crippen LogP contribution in [-0.2, 0) is 9.53 Å². The molecule has 4 saturated carbocycles. The summed E-state index contributed by atoms with van der Waals surface area (Å²) in [7, 11) is 0. The predicted octanol–water partition coefficient (Wildman–Crippen LogP) is 3.31. The van der Waals surface area contributed by atoms with Gasteiger partial charge < -0.3 is 4.74 Å². The maximum atomic E-state index is 12.3. The van der Waals surface area contributed by atoms with Gasteiger partial charge in [0.25, 0.3) is 0 Å². The van der Waals surface area contributed by atoms with Gasteiger partial charge in [-0.1, -0.05) is 6.42 Å². The molecule has 0 radical (unpaired) electrons. The Morgan fingerprint density at radius 1 is 0.944 bits per heavy atom. The van der Waals surface area contributed by atoms with Gasteiger partial charge in [-0.15, -0.1) is 0 Å². The highest BCUT2D eigenvalue weighted by Crippen LogP contribution is 2.52. The summed E-state index contributed by atoms with van der Waals surface area (Å²) in [4.78, 5) is 11.0. The first kappa shape index (κ1) is 12.3. The van der Waals surface area contributed by atoms with Crippen molar-refractivity contribution in [2.24, 2.45) is 23.7 Å². The maximum Gasteiger partial charge on any atom is 0.490 e. The van der Waals surface area contributed by atoms with Crippen molar-refractivity contribution in [1.29, 1.82) is 0 Å². The molecule has 0 heterocycles. The van der Waals surface area contributed by atoms with E-state index in [0.29, 0.717) is 11.8 Å². The molecule has 0 N–H and O–H groups in total. The summed E-state index contributed by atoms with van der Waals surface area (Å²) in [6.45, 7) is 0. The van der Waals surface area contributed by atoms with Crippen LogP contribution in [0.4, 0.5) is 13.2 Å². The SMILES string of the molecule is O=C(O[C@@H]1[C@@H]2C[C@H]3C[C@H](C[13CH2][C@@H]1C3)C2)C(F)(F)F. The van der Waals surface area contributed by atoms with E-state index in [-0.39, 0.29) is 11.8 Å². The summed E-state index contributed by atoms with van der Waals surface area (Å²) in [6.07, 6.45) is 0.747. The van der Waals surface area contributed by atoms with Crippen molar-refractivity contribution in [2.45, 2.75) is 50.8 Å². The van der Waals surface area contributed by atoms with E-state index in [1.54, 1.807) is 0 Å². The Morgan fingerprint density at radius 2 is 1.61 bits per heavy atom. The lowest BCUT2D eigenvalue weighted by atomic mass is 9.67. The number of ether oxygens (including phenoxy) is 1. The van der Waals surface area contributed by atoms with Crippen molar-refractivity contribution in [3.05, 3.63) is 0 Å². The van der Waals surface area contributed by atoms with Crippen LogP contribution in [0.2, 0.25) is 0 Å². The third-order valence-electron chi connectivity index (χ3n) is 4.92. The minimum absolute atomic E-state index is 0.160. The number of fused-ring (bicyclic) bond motifs is 1. The van der Waals surface area contributed by atoms with Gasteiger partial charge in [0.05, 0.1) is 0 Å². The molecule has 0 saturated heterocycles. The Hall–Kier alpha value is -0.740. The summed E-state index contributed by atoms with van der Waals surface area (Å²) in [5.74, 6) is -0.371. The summed E-state index contributed by atoms with van der Waals surface area (Å²) < 4.78 is 41.7. The molecule has 0 spiro atoms. The smallest absolute Gasteiger partial charge is 0.455 e. The molecular formula is C13H17F3O2. The van der Waals surface area contributed by atoms with Crippen molar-refractivity contribution < 1.29 is 22.7 Å². The Labute approximate surface area is 104 Å². The molecular weight excluding hydrogens is 246 g/mol. The van der Waals surface area contributed by atoms with Crippen LogP contribution in [0.25, 0.3) is 0 Å².